The van der Waals surface area contributed by atoms with Gasteiger partial charge in [0, 0.05) is 43.9 Å². The van der Waals surface area contributed by atoms with E-state index < -0.39 is 0 Å². The van der Waals surface area contributed by atoms with Crippen molar-refractivity contribution in [2.24, 2.45) is 0 Å². The van der Waals surface area contributed by atoms with Crippen LogP contribution >= 0.6 is 11.6 Å². The Morgan fingerprint density at radius 3 is 2.67 bits per heavy atom. The molecule has 0 unspecified atom stereocenters. The molecule has 3 rings (SSSR count). The zero-order chi connectivity index (χ0) is 16.8. The van der Waals surface area contributed by atoms with E-state index in [1.807, 2.05) is 30.3 Å². The van der Waals surface area contributed by atoms with E-state index in [2.05, 4.69) is 39.1 Å². The topological polar surface area (TPSA) is 43.2 Å². The summed E-state index contributed by atoms with van der Waals surface area (Å²) in [5.41, 5.74) is 1.73. The minimum Gasteiger partial charge on any atom is -0.354 e. The fourth-order valence-corrected chi connectivity index (χ4v) is 2.95. The van der Waals surface area contributed by atoms with Crippen molar-refractivity contribution in [2.45, 2.75) is 0 Å². The molecule has 1 saturated heterocycles. The van der Waals surface area contributed by atoms with Gasteiger partial charge >= 0.3 is 0 Å². The van der Waals surface area contributed by atoms with Crippen LogP contribution in [0, 0.1) is 11.3 Å². The van der Waals surface area contributed by atoms with Crippen molar-refractivity contribution in [1.82, 2.24) is 9.88 Å². The summed E-state index contributed by atoms with van der Waals surface area (Å²) in [4.78, 5) is 9.05. The number of hydrogen-bond acceptors (Lipinski definition) is 4. The Kier molecular flexibility index (Phi) is 5.47. The Labute approximate surface area is 147 Å². The third kappa shape index (κ3) is 4.35. The molecule has 0 atom stereocenters. The maximum absolute atomic E-state index is 8.83. The SMILES string of the molecule is N#Cc1ccc(N2CCN(C/C=C/c3cccc(Cl)c3)CC2)nc1. The van der Waals surface area contributed by atoms with Crippen LogP contribution in [-0.2, 0) is 0 Å². The van der Waals surface area contributed by atoms with Crippen molar-refractivity contribution >= 4 is 23.5 Å². The molecule has 1 aliphatic rings. The molecule has 0 amide bonds. The number of piperazine rings is 1. The Morgan fingerprint density at radius 1 is 1.17 bits per heavy atom. The summed E-state index contributed by atoms with van der Waals surface area (Å²) >= 11 is 5.99. The van der Waals surface area contributed by atoms with Crippen molar-refractivity contribution in [3.05, 3.63) is 64.8 Å². The maximum Gasteiger partial charge on any atom is 0.128 e. The molecule has 5 heteroatoms. The van der Waals surface area contributed by atoms with Gasteiger partial charge in [-0.1, -0.05) is 35.9 Å². The van der Waals surface area contributed by atoms with E-state index in [0.29, 0.717) is 5.56 Å². The van der Waals surface area contributed by atoms with Crippen LogP contribution in [0.1, 0.15) is 11.1 Å². The van der Waals surface area contributed by atoms with Gasteiger partial charge in [-0.05, 0) is 29.8 Å². The first-order valence-electron chi connectivity index (χ1n) is 8.00. The fourth-order valence-electron chi connectivity index (χ4n) is 2.75. The van der Waals surface area contributed by atoms with E-state index in [9.17, 15) is 0 Å². The van der Waals surface area contributed by atoms with Crippen molar-refractivity contribution in [1.29, 1.82) is 5.26 Å². The smallest absolute Gasteiger partial charge is 0.128 e. The van der Waals surface area contributed by atoms with E-state index in [1.54, 1.807) is 6.20 Å². The second kappa shape index (κ2) is 7.96. The first-order chi connectivity index (χ1) is 11.7. The lowest BCUT2D eigenvalue weighted by Gasteiger charge is -2.34. The van der Waals surface area contributed by atoms with Gasteiger partial charge in [0.05, 0.1) is 5.56 Å². The molecule has 4 nitrogen and oxygen atoms in total. The Bertz CT molecular complexity index is 741. The second-order valence-electron chi connectivity index (χ2n) is 5.76. The van der Waals surface area contributed by atoms with Crippen LogP contribution in [0.5, 0.6) is 0 Å². The minimum absolute atomic E-state index is 0.600. The number of nitrogens with zero attached hydrogens (tertiary/aromatic N) is 4. The molecule has 0 saturated carbocycles. The largest absolute Gasteiger partial charge is 0.354 e. The monoisotopic (exact) mass is 338 g/mol. The summed E-state index contributed by atoms with van der Waals surface area (Å²) in [6.45, 7) is 4.83. The van der Waals surface area contributed by atoms with E-state index >= 15 is 0 Å². The van der Waals surface area contributed by atoms with Crippen LogP contribution in [-0.4, -0.2) is 42.6 Å². The Hall–Kier alpha value is -2.35. The van der Waals surface area contributed by atoms with Gasteiger partial charge in [-0.15, -0.1) is 0 Å². The van der Waals surface area contributed by atoms with Gasteiger partial charge < -0.3 is 4.90 Å². The third-order valence-corrected chi connectivity index (χ3v) is 4.33. The zero-order valence-corrected chi connectivity index (χ0v) is 14.2. The molecule has 0 bridgehead atoms. The molecule has 1 fully saturated rings. The highest BCUT2D eigenvalue weighted by molar-refractivity contribution is 6.30. The van der Waals surface area contributed by atoms with Gasteiger partial charge in [-0.3, -0.25) is 4.90 Å². The van der Waals surface area contributed by atoms with Crippen molar-refractivity contribution < 1.29 is 0 Å². The summed E-state index contributed by atoms with van der Waals surface area (Å²) in [6.07, 6.45) is 5.93. The fraction of sp³-hybridized carbons (Fsp3) is 0.263. The summed E-state index contributed by atoms with van der Waals surface area (Å²) in [7, 11) is 0. The average Bonchev–Trinajstić information content (AvgIpc) is 2.63. The third-order valence-electron chi connectivity index (χ3n) is 4.10. The predicted octanol–water partition coefficient (Wildman–Crippen LogP) is 3.44. The van der Waals surface area contributed by atoms with E-state index in [0.717, 1.165) is 49.1 Å². The number of hydrogen-bond donors (Lipinski definition) is 0. The van der Waals surface area contributed by atoms with Gasteiger partial charge in [0.15, 0.2) is 0 Å². The number of benzene rings is 1. The van der Waals surface area contributed by atoms with Crippen molar-refractivity contribution in [3.8, 4) is 6.07 Å². The lowest BCUT2D eigenvalue weighted by molar-refractivity contribution is 0.283. The molecule has 0 aliphatic carbocycles. The highest BCUT2D eigenvalue weighted by Crippen LogP contribution is 2.15. The minimum atomic E-state index is 0.600. The Morgan fingerprint density at radius 2 is 2.00 bits per heavy atom. The van der Waals surface area contributed by atoms with Gasteiger partial charge in [-0.2, -0.15) is 5.26 Å². The average molecular weight is 339 g/mol. The molecular weight excluding hydrogens is 320 g/mol. The van der Waals surface area contributed by atoms with E-state index in [1.165, 1.54) is 0 Å². The van der Waals surface area contributed by atoms with Crippen LogP contribution in [0.25, 0.3) is 6.08 Å². The molecule has 2 aromatic rings. The molecule has 122 valence electrons. The molecule has 1 aromatic carbocycles. The molecule has 1 aromatic heterocycles. The van der Waals surface area contributed by atoms with Gasteiger partial charge in [0.1, 0.15) is 11.9 Å². The summed E-state index contributed by atoms with van der Waals surface area (Å²) in [5.74, 6) is 0.947. The highest BCUT2D eigenvalue weighted by atomic mass is 35.5. The van der Waals surface area contributed by atoms with Crippen LogP contribution in [0.2, 0.25) is 5.02 Å². The number of halogens is 1. The van der Waals surface area contributed by atoms with Crippen LogP contribution in [0.15, 0.2) is 48.7 Å². The normalized spacial score (nSPS) is 15.6. The quantitative estimate of drug-likeness (QED) is 0.856. The molecule has 0 radical (unpaired) electrons. The molecule has 0 N–H and O–H groups in total. The van der Waals surface area contributed by atoms with Crippen molar-refractivity contribution in [2.75, 3.05) is 37.6 Å². The molecule has 2 heterocycles. The van der Waals surface area contributed by atoms with E-state index in [-0.39, 0.29) is 0 Å². The molecule has 1 aliphatic heterocycles. The number of nitriles is 1. The number of anilines is 1. The first-order valence-corrected chi connectivity index (χ1v) is 8.38. The van der Waals surface area contributed by atoms with Crippen molar-refractivity contribution in [3.63, 3.8) is 0 Å². The van der Waals surface area contributed by atoms with Gasteiger partial charge in [0.2, 0.25) is 0 Å². The van der Waals surface area contributed by atoms with Gasteiger partial charge in [-0.25, -0.2) is 4.98 Å². The zero-order valence-electron chi connectivity index (χ0n) is 13.4. The second-order valence-corrected chi connectivity index (χ2v) is 6.20. The summed E-state index contributed by atoms with van der Waals surface area (Å²) in [6, 6.07) is 13.7. The van der Waals surface area contributed by atoms with Crippen LogP contribution in [0.4, 0.5) is 5.82 Å². The van der Waals surface area contributed by atoms with E-state index in [4.69, 9.17) is 16.9 Å². The highest BCUT2D eigenvalue weighted by Gasteiger charge is 2.16. The molecule has 0 spiro atoms. The lowest BCUT2D eigenvalue weighted by Crippen LogP contribution is -2.46. The molecule has 24 heavy (non-hydrogen) atoms. The first kappa shape index (κ1) is 16.5. The number of pyridine rings is 1. The van der Waals surface area contributed by atoms with Crippen LogP contribution in [0.3, 0.4) is 0 Å². The lowest BCUT2D eigenvalue weighted by atomic mass is 10.2. The predicted molar refractivity (Wildman–Crippen MR) is 98.1 cm³/mol. The molecular formula is C19H19ClN4. The number of aromatic nitrogens is 1. The standard InChI is InChI=1S/C19H19ClN4/c20-18-5-1-3-16(13-18)4-2-8-23-9-11-24(12-10-23)19-7-6-17(14-21)15-22-19/h1-7,13,15H,8-12H2/b4-2+. The van der Waals surface area contributed by atoms with Crippen LogP contribution < -0.4 is 4.90 Å². The Balaban J connectivity index is 1.49. The van der Waals surface area contributed by atoms with Gasteiger partial charge in [0.25, 0.3) is 0 Å². The maximum atomic E-state index is 8.83. The summed E-state index contributed by atoms with van der Waals surface area (Å²) in [5, 5.41) is 9.59. The number of rotatable bonds is 4. The summed E-state index contributed by atoms with van der Waals surface area (Å²) < 4.78 is 0.